The van der Waals surface area contributed by atoms with Crippen molar-refractivity contribution >= 4 is 12.0 Å². The van der Waals surface area contributed by atoms with E-state index in [4.69, 9.17) is 4.42 Å². The van der Waals surface area contributed by atoms with Gasteiger partial charge in [0.1, 0.15) is 0 Å². The molecule has 2 nitrogen and oxygen atoms in total. The fourth-order valence-electron chi connectivity index (χ4n) is 2.22. The molecule has 0 atom stereocenters. The molecule has 0 spiro atoms. The summed E-state index contributed by atoms with van der Waals surface area (Å²) in [5, 5.41) is 0. The number of carbonyl (C=O) groups excluding carboxylic acids is 1. The fraction of sp³-hybridized carbons (Fsp3) is 0.400. The van der Waals surface area contributed by atoms with Crippen LogP contribution in [0.5, 0.6) is 0 Å². The fourth-order valence-corrected chi connectivity index (χ4v) is 2.22. The first-order valence-electron chi connectivity index (χ1n) is 6.21. The molecule has 1 fully saturated rings. The molecule has 0 saturated carbocycles. The van der Waals surface area contributed by atoms with E-state index < -0.39 is 0 Å². The highest BCUT2D eigenvalue weighted by molar-refractivity contribution is 5.81. The lowest BCUT2D eigenvalue weighted by Crippen LogP contribution is -2.28. The molecule has 0 bridgehead atoms. The van der Waals surface area contributed by atoms with Crippen LogP contribution in [0.3, 0.4) is 0 Å². The van der Waals surface area contributed by atoms with Gasteiger partial charge in [0.15, 0.2) is 0 Å². The summed E-state index contributed by atoms with van der Waals surface area (Å²) < 4.78 is 4.93. The summed E-state index contributed by atoms with van der Waals surface area (Å²) in [5.41, 5.74) is 2.45. The third-order valence-corrected chi connectivity index (χ3v) is 3.08. The summed E-state index contributed by atoms with van der Waals surface area (Å²) in [4.78, 5) is 2.42. The van der Waals surface area contributed by atoms with Crippen molar-refractivity contribution in [2.75, 3.05) is 20.2 Å². The summed E-state index contributed by atoms with van der Waals surface area (Å²) in [6.45, 7) is 2.26. The van der Waals surface area contributed by atoms with E-state index in [1.54, 1.807) is 7.11 Å². The Morgan fingerprint density at radius 2 is 1.88 bits per heavy atom. The van der Waals surface area contributed by atoms with Gasteiger partial charge in [0.05, 0.1) is 0 Å². The number of hydrogen-bond acceptors (Lipinski definition) is 1. The Morgan fingerprint density at radius 3 is 2.53 bits per heavy atom. The first-order valence-corrected chi connectivity index (χ1v) is 6.21. The summed E-state index contributed by atoms with van der Waals surface area (Å²) in [6.07, 6.45) is 8.68. The minimum absolute atomic E-state index is 1.13. The van der Waals surface area contributed by atoms with Crippen molar-refractivity contribution in [2.24, 2.45) is 0 Å². The number of allylic oxidation sites excluding steroid dienone is 1. The number of rotatable bonds is 3. The van der Waals surface area contributed by atoms with Gasteiger partial charge in [0.25, 0.3) is 0 Å². The van der Waals surface area contributed by atoms with Crippen LogP contribution in [0, 0.1) is 0 Å². The largest absolute Gasteiger partial charge is 0.448 e. The maximum atomic E-state index is 4.93. The molecule has 17 heavy (non-hydrogen) atoms. The molecule has 1 heterocycles. The predicted octanol–water partition coefficient (Wildman–Crippen LogP) is 2.79. The second-order valence-corrected chi connectivity index (χ2v) is 4.27. The molecule has 0 unspecified atom stereocenters. The standard InChI is InChI=1S/C15H19NO/c1-17-13-10-15(14-8-4-2-5-9-14)16-11-6-3-7-12-16/h2,4-5,8-10H,3,6-7,11-12H2,1H3/b15-10+. The van der Waals surface area contributed by atoms with Gasteiger partial charge in [-0.3, -0.25) is 0 Å². The Bertz CT molecular complexity index is 389. The number of likely N-dealkylation sites (tertiary alicyclic amines) is 1. The minimum atomic E-state index is 1.13. The molecule has 0 N–H and O–H groups in total. The molecule has 0 aliphatic carbocycles. The molecular weight excluding hydrogens is 210 g/mol. The Labute approximate surface area is 103 Å². The maximum absolute atomic E-state index is 4.93. The number of piperidine rings is 1. The molecular formula is C15H19NO. The van der Waals surface area contributed by atoms with Crippen LogP contribution in [0.15, 0.2) is 36.4 Å². The van der Waals surface area contributed by atoms with Gasteiger partial charge in [0.2, 0.25) is 13.4 Å². The molecule has 1 aromatic rings. The molecule has 1 saturated heterocycles. The monoisotopic (exact) mass is 229 g/mol. The topological polar surface area (TPSA) is 14.5 Å². The zero-order valence-electron chi connectivity index (χ0n) is 10.4. The molecule has 2 rings (SSSR count). The smallest absolute Gasteiger partial charge is 0.229 e. The van der Waals surface area contributed by atoms with Gasteiger partial charge in [-0.1, -0.05) is 48.0 Å². The molecule has 1 aliphatic heterocycles. The highest BCUT2D eigenvalue weighted by Crippen LogP contribution is 2.22. The number of hydrogen-bond donors (Lipinski definition) is 0. The molecule has 1 aliphatic rings. The van der Waals surface area contributed by atoms with E-state index in [9.17, 15) is 0 Å². The van der Waals surface area contributed by atoms with Gasteiger partial charge in [-0.15, -0.1) is 6.08 Å². The Morgan fingerprint density at radius 1 is 1.18 bits per heavy atom. The summed E-state index contributed by atoms with van der Waals surface area (Å²) >= 11 is 0. The predicted molar refractivity (Wildman–Crippen MR) is 71.5 cm³/mol. The first-order chi connectivity index (χ1) is 8.42. The van der Waals surface area contributed by atoms with Crippen molar-refractivity contribution in [3.63, 3.8) is 0 Å². The second-order valence-electron chi connectivity index (χ2n) is 4.27. The van der Waals surface area contributed by atoms with E-state index in [2.05, 4.69) is 35.5 Å². The van der Waals surface area contributed by atoms with Crippen LogP contribution in [0.1, 0.15) is 24.8 Å². The summed E-state index contributed by atoms with van der Waals surface area (Å²) in [5.74, 6) is 0. The van der Waals surface area contributed by atoms with Crippen molar-refractivity contribution in [2.45, 2.75) is 19.3 Å². The van der Waals surface area contributed by atoms with E-state index in [0.717, 1.165) is 13.1 Å². The van der Waals surface area contributed by atoms with E-state index in [1.165, 1.54) is 30.5 Å². The third-order valence-electron chi connectivity index (χ3n) is 3.08. The van der Waals surface area contributed by atoms with E-state index >= 15 is 0 Å². The van der Waals surface area contributed by atoms with Crippen LogP contribution < -0.4 is 0 Å². The van der Waals surface area contributed by atoms with Crippen LogP contribution >= 0.6 is 0 Å². The van der Waals surface area contributed by atoms with Gasteiger partial charge >= 0.3 is 0 Å². The normalized spacial score (nSPS) is 17.7. The van der Waals surface area contributed by atoms with Gasteiger partial charge in [0, 0.05) is 13.1 Å². The van der Waals surface area contributed by atoms with E-state index in [1.807, 2.05) is 12.1 Å². The molecule has 90 valence electrons. The number of benzene rings is 1. The number of nitrogens with zero attached hydrogens (tertiary/aromatic N) is 1. The van der Waals surface area contributed by atoms with Crippen LogP contribution in [0.25, 0.3) is 5.70 Å². The molecule has 0 amide bonds. The van der Waals surface area contributed by atoms with Crippen LogP contribution in [-0.2, 0) is 4.42 Å². The van der Waals surface area contributed by atoms with Gasteiger partial charge in [-0.25, -0.2) is 0 Å². The Hall–Kier alpha value is -1.57. The van der Waals surface area contributed by atoms with Crippen molar-refractivity contribution in [1.82, 2.24) is 4.90 Å². The van der Waals surface area contributed by atoms with E-state index in [-0.39, 0.29) is 0 Å². The zero-order chi connectivity index (χ0) is 11.9. The molecule has 0 radical (unpaired) electrons. The third kappa shape index (κ3) is 3.19. The average molecular weight is 229 g/mol. The quantitative estimate of drug-likeness (QED) is 0.442. The average Bonchev–Trinajstić information content (AvgIpc) is 2.42. The van der Waals surface area contributed by atoms with Gasteiger partial charge in [-0.2, -0.15) is 0 Å². The molecule has 0 aromatic heterocycles. The van der Waals surface area contributed by atoms with E-state index in [0.29, 0.717) is 0 Å². The lowest BCUT2D eigenvalue weighted by Gasteiger charge is -2.37. The second kappa shape index (κ2) is 6.24. The lowest BCUT2D eigenvalue weighted by molar-refractivity contribution is 0.186. The Kier molecular flexibility index (Phi) is 4.37. The van der Waals surface area contributed by atoms with Crippen molar-refractivity contribution < 1.29 is 4.42 Å². The Balaban J connectivity index is 2.24. The van der Waals surface area contributed by atoms with Crippen LogP contribution in [0.4, 0.5) is 0 Å². The first kappa shape index (κ1) is 11.9. The van der Waals surface area contributed by atoms with Crippen LogP contribution in [0.2, 0.25) is 0 Å². The van der Waals surface area contributed by atoms with Crippen molar-refractivity contribution in [1.29, 1.82) is 0 Å². The lowest BCUT2D eigenvalue weighted by atomic mass is 10.1. The summed E-state index contributed by atoms with van der Waals surface area (Å²) in [6, 6.07) is 10.5. The van der Waals surface area contributed by atoms with Crippen molar-refractivity contribution in [3.05, 3.63) is 42.0 Å². The maximum Gasteiger partial charge on any atom is 0.229 e. The molecule has 1 aromatic carbocycles. The minimum Gasteiger partial charge on any atom is -0.448 e. The highest BCUT2D eigenvalue weighted by atomic mass is 16.4. The van der Waals surface area contributed by atoms with Crippen molar-refractivity contribution in [3.8, 4) is 0 Å². The van der Waals surface area contributed by atoms with Crippen LogP contribution in [-0.4, -0.2) is 31.4 Å². The molecule has 2 heteroatoms. The van der Waals surface area contributed by atoms with Gasteiger partial charge in [-0.05, 0) is 12.8 Å². The SMILES string of the molecule is C[O+]=[C-]/C=C(\c1ccccc1)N1CCCCC1. The van der Waals surface area contributed by atoms with Gasteiger partial charge < -0.3 is 9.32 Å². The zero-order valence-corrected chi connectivity index (χ0v) is 10.4. The summed E-state index contributed by atoms with van der Waals surface area (Å²) in [7, 11) is 1.63. The highest BCUT2D eigenvalue weighted by Gasteiger charge is 2.08.